The summed E-state index contributed by atoms with van der Waals surface area (Å²) in [6.45, 7) is 6.99. The van der Waals surface area contributed by atoms with Crippen LogP contribution in [0.2, 0.25) is 5.15 Å². The molecule has 0 bridgehead atoms. The summed E-state index contributed by atoms with van der Waals surface area (Å²) < 4.78 is 154. The first kappa shape index (κ1) is 49.6. The van der Waals surface area contributed by atoms with Crippen molar-refractivity contribution in [3.05, 3.63) is 77.8 Å². The number of rotatable bonds is 10. The Bertz CT molecular complexity index is 2570. The van der Waals surface area contributed by atoms with Gasteiger partial charge in [-0.3, -0.25) is 13.8 Å². The molecule has 2 aliphatic carbocycles. The van der Waals surface area contributed by atoms with Crippen molar-refractivity contribution >= 4 is 35.5 Å². The molecule has 0 spiro atoms. The van der Waals surface area contributed by atoms with Crippen molar-refractivity contribution in [1.82, 2.24) is 49.1 Å². The van der Waals surface area contributed by atoms with E-state index in [1.807, 2.05) is 27.7 Å². The smallest absolute Gasteiger partial charge is 0.475 e. The third kappa shape index (κ3) is 10.7. The number of pyridine rings is 2. The van der Waals surface area contributed by atoms with Crippen molar-refractivity contribution in [2.45, 2.75) is 91.3 Å². The molecule has 2 saturated carbocycles. The molecule has 9 rings (SSSR count). The average molecular weight is 937 g/mol. The van der Waals surface area contributed by atoms with Crippen LogP contribution in [0.4, 0.5) is 43.9 Å². The average Bonchev–Trinajstić information content (AvgIpc) is 3.71. The quantitative estimate of drug-likeness (QED) is 0.0955. The Hall–Kier alpha value is -5.43. The first-order chi connectivity index (χ1) is 29.0. The first-order valence-corrected chi connectivity index (χ1v) is 18.7. The van der Waals surface area contributed by atoms with Crippen molar-refractivity contribution in [2.75, 3.05) is 13.2 Å². The summed E-state index contributed by atoms with van der Waals surface area (Å²) in [5.41, 5.74) is 0.0582. The van der Waals surface area contributed by atoms with E-state index in [-0.39, 0.29) is 74.5 Å². The van der Waals surface area contributed by atoms with Gasteiger partial charge in [0.25, 0.3) is 24.7 Å². The Kier molecular flexibility index (Phi) is 14.4. The zero-order chi connectivity index (χ0) is 44.9. The summed E-state index contributed by atoms with van der Waals surface area (Å²) in [7, 11) is -0.733. The highest BCUT2D eigenvalue weighted by Gasteiger charge is 2.58. The lowest BCUT2D eigenvalue weighted by atomic mass is 9.80. The maximum Gasteiger partial charge on any atom is 0.496 e. The van der Waals surface area contributed by atoms with Crippen LogP contribution in [0, 0.1) is 23.5 Å². The highest BCUT2D eigenvalue weighted by Crippen LogP contribution is 2.49. The molecule has 1 aliphatic heterocycles. The summed E-state index contributed by atoms with van der Waals surface area (Å²) in [5.74, 6) is -10.5. The van der Waals surface area contributed by atoms with Gasteiger partial charge in [-0.1, -0.05) is 26.5 Å². The molecule has 0 radical (unpaired) electrons. The fourth-order valence-corrected chi connectivity index (χ4v) is 5.79. The molecule has 6 aromatic rings. The molecule has 346 valence electrons. The molecule has 7 heterocycles. The second kappa shape index (κ2) is 18.6. The Balaban J connectivity index is 0.000000187. The number of ether oxygens (including phenoxy) is 2. The lowest BCUT2D eigenvalue weighted by Gasteiger charge is -2.32. The van der Waals surface area contributed by atoms with Gasteiger partial charge in [0.05, 0.1) is 54.3 Å². The molecule has 64 heavy (non-hydrogen) atoms. The van der Waals surface area contributed by atoms with Crippen LogP contribution in [0.1, 0.15) is 79.9 Å². The van der Waals surface area contributed by atoms with E-state index in [1.165, 1.54) is 43.2 Å². The van der Waals surface area contributed by atoms with Crippen LogP contribution in [0.5, 0.6) is 11.8 Å². The Labute approximate surface area is 363 Å². The van der Waals surface area contributed by atoms with E-state index in [0.29, 0.717) is 5.46 Å². The molecular weight excluding hydrogens is 897 g/mol. The van der Waals surface area contributed by atoms with Crippen LogP contribution in [0.25, 0.3) is 22.6 Å². The molecule has 0 amide bonds. The molecule has 3 aliphatic rings. The Morgan fingerprint density at radius 3 is 1.59 bits per heavy atom. The van der Waals surface area contributed by atoms with Crippen LogP contribution < -0.4 is 14.9 Å². The molecule has 1 saturated heterocycles. The highest BCUT2D eigenvalue weighted by atomic mass is 35.5. The summed E-state index contributed by atoms with van der Waals surface area (Å²) in [5, 5.41) is 13.8. The lowest BCUT2D eigenvalue weighted by Crippen LogP contribution is -2.41. The molecular formula is C38H40BClF10N10O4. The van der Waals surface area contributed by atoms with Gasteiger partial charge in [-0.15, -0.1) is 20.4 Å². The molecule has 2 atom stereocenters. The van der Waals surface area contributed by atoms with E-state index in [4.69, 9.17) is 30.4 Å². The Morgan fingerprint density at radius 1 is 0.688 bits per heavy atom. The number of hydrogen-bond donors (Lipinski definition) is 0. The normalized spacial score (nSPS) is 19.5. The molecule has 3 fully saturated rings. The third-order valence-electron chi connectivity index (χ3n) is 10.2. The summed E-state index contributed by atoms with van der Waals surface area (Å²) in [6, 6.07) is 2.24. The van der Waals surface area contributed by atoms with E-state index in [9.17, 15) is 43.9 Å². The van der Waals surface area contributed by atoms with Gasteiger partial charge in [-0.05, 0) is 39.8 Å². The monoisotopic (exact) mass is 936 g/mol. The van der Waals surface area contributed by atoms with E-state index >= 15 is 0 Å². The minimum atomic E-state index is -2.84. The number of fused-ring (bicyclic) bond motifs is 2. The predicted molar refractivity (Wildman–Crippen MR) is 210 cm³/mol. The zero-order valence-electron chi connectivity index (χ0n) is 32.6. The molecule has 2 unspecified atom stereocenters. The van der Waals surface area contributed by atoms with Gasteiger partial charge >= 0.3 is 7.12 Å². The van der Waals surface area contributed by atoms with E-state index in [2.05, 4.69) is 40.3 Å². The van der Waals surface area contributed by atoms with Crippen LogP contribution in [0.3, 0.4) is 0 Å². The van der Waals surface area contributed by atoms with Crippen molar-refractivity contribution in [2.24, 2.45) is 11.8 Å². The van der Waals surface area contributed by atoms with E-state index in [1.54, 1.807) is 0 Å². The van der Waals surface area contributed by atoms with Crippen molar-refractivity contribution in [1.29, 1.82) is 0 Å². The minimum absolute atomic E-state index is 0. The number of alkyl halides is 8. The summed E-state index contributed by atoms with van der Waals surface area (Å²) >= 11 is 5.52. The largest absolute Gasteiger partial charge is 0.496 e. The number of nitrogens with zero attached hydrogens (tertiary/aromatic N) is 10. The standard InChI is InChI=1S/C15H19BF3NO3.C15H10F5N5O.C6H3ClF2N4.2CH4/c1-13(2)14(3,4)23-16(22-13)10-5-11(17)12(20-7-10)21-8-9-6-15(9,18)19;16-9-1-7(3-22-14(9)26-6-8-2-15(8,19)20)10-5-25-11(4-21-10)23-24-13(25)12(17)18;7-3-2-13-4(1-10-3)11-12-6(13)5(8)9;;/h5,7,9H,6,8H2,1-4H3;1,3-5,8,12H,2,6H2;1-2,5H;2*1H4. The second-order valence-electron chi connectivity index (χ2n) is 15.3. The first-order valence-electron chi connectivity index (χ1n) is 18.4. The Morgan fingerprint density at radius 2 is 1.14 bits per heavy atom. The maximum atomic E-state index is 14.1. The van der Waals surface area contributed by atoms with Crippen LogP contribution in [0.15, 0.2) is 49.3 Å². The topological polar surface area (TPSA) is 149 Å². The zero-order valence-corrected chi connectivity index (χ0v) is 33.4. The molecule has 0 N–H and O–H groups in total. The second-order valence-corrected chi connectivity index (χ2v) is 15.6. The molecule has 0 aromatic carbocycles. The van der Waals surface area contributed by atoms with Gasteiger partial charge < -0.3 is 18.8 Å². The van der Waals surface area contributed by atoms with Crippen LogP contribution >= 0.6 is 11.6 Å². The molecule has 14 nitrogen and oxygen atoms in total. The van der Waals surface area contributed by atoms with Gasteiger partial charge in [-0.2, -0.15) is 0 Å². The predicted octanol–water partition coefficient (Wildman–Crippen LogP) is 8.84. The van der Waals surface area contributed by atoms with Gasteiger partial charge in [-0.25, -0.2) is 58.9 Å². The molecule has 6 aromatic heterocycles. The highest BCUT2D eigenvalue weighted by molar-refractivity contribution is 6.62. The van der Waals surface area contributed by atoms with Crippen molar-refractivity contribution in [3.63, 3.8) is 0 Å². The minimum Gasteiger partial charge on any atom is -0.475 e. The number of aromatic nitrogens is 10. The van der Waals surface area contributed by atoms with Gasteiger partial charge in [0.2, 0.25) is 23.4 Å². The van der Waals surface area contributed by atoms with Crippen molar-refractivity contribution < 1.29 is 62.7 Å². The van der Waals surface area contributed by atoms with E-state index in [0.717, 1.165) is 14.9 Å². The molecule has 26 heteroatoms. The SMILES string of the molecule is C.C.CC1(C)OB(c2cnc(OCC3CC3(F)F)c(F)c2)OC1(C)C.FC(F)c1nnc2cnc(Cl)cn12.Fc1cc(-c2cn3c(C(F)F)nnc3cn2)cnc1OCC1CC1(F)F. The van der Waals surface area contributed by atoms with Crippen LogP contribution in [-0.2, 0) is 9.31 Å². The summed E-state index contributed by atoms with van der Waals surface area (Å²) in [6.07, 6.45) is 1.54. The fraction of sp³-hybridized carbons (Fsp3) is 0.474. The third-order valence-corrected chi connectivity index (χ3v) is 10.4. The fourth-order valence-electron chi connectivity index (χ4n) is 5.65. The summed E-state index contributed by atoms with van der Waals surface area (Å²) in [4.78, 5) is 15.3. The maximum absolute atomic E-state index is 14.1. The van der Waals surface area contributed by atoms with Crippen LogP contribution in [-0.4, -0.2) is 92.5 Å². The van der Waals surface area contributed by atoms with Gasteiger partial charge in [0.1, 0.15) is 5.15 Å². The van der Waals surface area contributed by atoms with Gasteiger partial charge in [0, 0.05) is 48.7 Å². The van der Waals surface area contributed by atoms with E-state index < -0.39 is 84.0 Å². The lowest BCUT2D eigenvalue weighted by molar-refractivity contribution is 0.00578. The van der Waals surface area contributed by atoms with Gasteiger partial charge in [0.15, 0.2) is 22.9 Å². The number of hydrogen-bond acceptors (Lipinski definition) is 12. The number of halogens is 11. The van der Waals surface area contributed by atoms with Crippen molar-refractivity contribution in [3.8, 4) is 23.0 Å².